The smallest absolute Gasteiger partial charge is 0.329 e. The Bertz CT molecular complexity index is 596. The highest BCUT2D eigenvalue weighted by Crippen LogP contribution is 2.25. The van der Waals surface area contributed by atoms with Crippen molar-refractivity contribution < 1.29 is 24.2 Å². The highest BCUT2D eigenvalue weighted by Gasteiger charge is 2.41. The van der Waals surface area contributed by atoms with Gasteiger partial charge in [0.1, 0.15) is 11.3 Å². The van der Waals surface area contributed by atoms with Crippen molar-refractivity contribution in [3.05, 3.63) is 28.2 Å². The van der Waals surface area contributed by atoms with Gasteiger partial charge in [-0.05, 0) is 32.0 Å². The molecule has 1 saturated heterocycles. The van der Waals surface area contributed by atoms with Crippen molar-refractivity contribution in [2.75, 3.05) is 13.2 Å². The van der Waals surface area contributed by atoms with Crippen LogP contribution in [-0.2, 0) is 9.53 Å². The fourth-order valence-corrected chi connectivity index (χ4v) is 2.91. The number of carbonyl (C=O) groups is 2. The molecule has 1 heterocycles. The lowest BCUT2D eigenvalue weighted by Gasteiger charge is -2.33. The molecular formula is C16H20BrNO5. The summed E-state index contributed by atoms with van der Waals surface area (Å²) in [5.41, 5.74) is -0.932. The Morgan fingerprint density at radius 2 is 1.96 bits per heavy atom. The second kappa shape index (κ2) is 7.31. The lowest BCUT2D eigenvalue weighted by molar-refractivity contribution is -0.148. The monoisotopic (exact) mass is 385 g/mol. The summed E-state index contributed by atoms with van der Waals surface area (Å²) in [7, 11) is 0. The van der Waals surface area contributed by atoms with Gasteiger partial charge >= 0.3 is 5.97 Å². The first-order chi connectivity index (χ1) is 10.8. The molecule has 126 valence electrons. The summed E-state index contributed by atoms with van der Waals surface area (Å²) in [5.74, 6) is -0.928. The number of amides is 1. The molecule has 0 radical (unpaired) electrons. The zero-order chi connectivity index (χ0) is 17.0. The van der Waals surface area contributed by atoms with Crippen LogP contribution in [0.3, 0.4) is 0 Å². The summed E-state index contributed by atoms with van der Waals surface area (Å²) >= 11 is 3.34. The average Bonchev–Trinajstić information content (AvgIpc) is 2.46. The summed E-state index contributed by atoms with van der Waals surface area (Å²) in [5, 5.41) is 12.2. The number of benzene rings is 1. The van der Waals surface area contributed by atoms with Crippen LogP contribution < -0.4 is 10.1 Å². The van der Waals surface area contributed by atoms with Crippen LogP contribution in [0.25, 0.3) is 0 Å². The van der Waals surface area contributed by atoms with Gasteiger partial charge in [-0.1, -0.05) is 15.9 Å². The van der Waals surface area contributed by atoms with Gasteiger partial charge in [-0.3, -0.25) is 4.79 Å². The maximum absolute atomic E-state index is 12.5. The normalized spacial score (nSPS) is 16.9. The number of carbonyl (C=O) groups excluding carboxylic acids is 1. The Labute approximate surface area is 143 Å². The molecule has 6 nitrogen and oxygen atoms in total. The number of aliphatic carboxylic acids is 1. The fourth-order valence-electron chi connectivity index (χ4n) is 2.44. The second-order valence-corrected chi connectivity index (χ2v) is 6.71. The molecule has 2 rings (SSSR count). The molecule has 0 bridgehead atoms. The van der Waals surface area contributed by atoms with Crippen molar-refractivity contribution in [1.29, 1.82) is 0 Å². The van der Waals surface area contributed by atoms with Crippen LogP contribution in [0.4, 0.5) is 0 Å². The maximum Gasteiger partial charge on any atom is 0.329 e. The molecule has 1 aromatic carbocycles. The number of carboxylic acids is 1. The van der Waals surface area contributed by atoms with Gasteiger partial charge in [-0.15, -0.1) is 0 Å². The minimum atomic E-state index is -1.28. The van der Waals surface area contributed by atoms with E-state index < -0.39 is 17.4 Å². The number of ether oxygens (including phenoxy) is 2. The minimum Gasteiger partial charge on any atom is -0.491 e. The second-order valence-electron chi connectivity index (χ2n) is 5.80. The average molecular weight is 386 g/mol. The molecule has 1 fully saturated rings. The Kier molecular flexibility index (Phi) is 5.64. The molecule has 1 aliphatic heterocycles. The Hall–Kier alpha value is -1.60. The fraction of sp³-hybridized carbons (Fsp3) is 0.500. The third kappa shape index (κ3) is 4.45. The number of hydrogen-bond donors (Lipinski definition) is 2. The topological polar surface area (TPSA) is 84.9 Å². The lowest BCUT2D eigenvalue weighted by atomic mass is 9.89. The number of carboxylic acid groups (broad SMARTS) is 1. The first-order valence-electron chi connectivity index (χ1n) is 7.43. The third-order valence-electron chi connectivity index (χ3n) is 3.61. The SMILES string of the molecule is CC(C)Oc1cc(Br)cc(C(=O)NC2(C(=O)O)CCOCC2)c1. The highest BCUT2D eigenvalue weighted by molar-refractivity contribution is 9.10. The number of hydrogen-bond acceptors (Lipinski definition) is 4. The van der Waals surface area contributed by atoms with E-state index in [0.29, 0.717) is 29.0 Å². The van der Waals surface area contributed by atoms with E-state index in [-0.39, 0.29) is 18.9 Å². The van der Waals surface area contributed by atoms with Gasteiger partial charge in [0, 0.05) is 36.1 Å². The van der Waals surface area contributed by atoms with Crippen LogP contribution in [-0.4, -0.2) is 41.8 Å². The van der Waals surface area contributed by atoms with Gasteiger partial charge in [0.05, 0.1) is 6.10 Å². The van der Waals surface area contributed by atoms with Gasteiger partial charge in [0.25, 0.3) is 5.91 Å². The Balaban J connectivity index is 2.22. The number of nitrogens with one attached hydrogen (secondary N) is 1. The number of halogens is 1. The largest absolute Gasteiger partial charge is 0.491 e. The molecule has 23 heavy (non-hydrogen) atoms. The van der Waals surface area contributed by atoms with Crippen LogP contribution >= 0.6 is 15.9 Å². The van der Waals surface area contributed by atoms with Crippen molar-refractivity contribution in [1.82, 2.24) is 5.32 Å². The summed E-state index contributed by atoms with van der Waals surface area (Å²) in [4.78, 5) is 24.1. The van der Waals surface area contributed by atoms with E-state index in [1.165, 1.54) is 0 Å². The molecule has 1 aliphatic rings. The third-order valence-corrected chi connectivity index (χ3v) is 4.07. The summed E-state index contributed by atoms with van der Waals surface area (Å²) in [6.45, 7) is 4.41. The molecule has 0 atom stereocenters. The predicted molar refractivity (Wildman–Crippen MR) is 87.8 cm³/mol. The van der Waals surface area contributed by atoms with Crippen molar-refractivity contribution >= 4 is 27.8 Å². The van der Waals surface area contributed by atoms with Crippen LogP contribution in [0.5, 0.6) is 5.75 Å². The molecule has 0 aromatic heterocycles. The van der Waals surface area contributed by atoms with Crippen LogP contribution in [0, 0.1) is 0 Å². The summed E-state index contributed by atoms with van der Waals surface area (Å²) < 4.78 is 11.5. The van der Waals surface area contributed by atoms with Crippen molar-refractivity contribution in [2.45, 2.75) is 38.3 Å². The Morgan fingerprint density at radius 3 is 2.52 bits per heavy atom. The molecule has 0 saturated carbocycles. The van der Waals surface area contributed by atoms with E-state index in [2.05, 4.69) is 21.2 Å². The van der Waals surface area contributed by atoms with Gasteiger partial charge in [0.15, 0.2) is 0 Å². The molecule has 0 unspecified atom stereocenters. The lowest BCUT2D eigenvalue weighted by Crippen LogP contribution is -2.57. The highest BCUT2D eigenvalue weighted by atomic mass is 79.9. The standard InChI is InChI=1S/C16H20BrNO5/c1-10(2)23-13-8-11(7-12(17)9-13)14(19)18-16(15(20)21)3-5-22-6-4-16/h7-10H,3-6H2,1-2H3,(H,18,19)(H,20,21). The van der Waals surface area contributed by atoms with Crippen molar-refractivity contribution in [2.24, 2.45) is 0 Å². The molecule has 2 N–H and O–H groups in total. The zero-order valence-corrected chi connectivity index (χ0v) is 14.7. The van der Waals surface area contributed by atoms with E-state index in [9.17, 15) is 14.7 Å². The minimum absolute atomic E-state index is 0.0268. The van der Waals surface area contributed by atoms with E-state index in [1.54, 1.807) is 18.2 Å². The van der Waals surface area contributed by atoms with Crippen molar-refractivity contribution in [3.8, 4) is 5.75 Å². The first-order valence-corrected chi connectivity index (χ1v) is 8.22. The Morgan fingerprint density at radius 1 is 1.30 bits per heavy atom. The van der Waals surface area contributed by atoms with Crippen LogP contribution in [0.1, 0.15) is 37.0 Å². The molecule has 0 spiro atoms. The number of rotatable bonds is 5. The van der Waals surface area contributed by atoms with Crippen LogP contribution in [0.2, 0.25) is 0 Å². The molecular weight excluding hydrogens is 366 g/mol. The summed E-state index contributed by atoms with van der Waals surface area (Å²) in [6.07, 6.45) is 0.468. The van der Waals surface area contributed by atoms with Gasteiger partial charge in [0.2, 0.25) is 0 Å². The predicted octanol–water partition coefficient (Wildman–Crippen LogP) is 2.60. The molecule has 1 aromatic rings. The van der Waals surface area contributed by atoms with Crippen molar-refractivity contribution in [3.63, 3.8) is 0 Å². The van der Waals surface area contributed by atoms with Gasteiger partial charge in [-0.2, -0.15) is 0 Å². The van der Waals surface area contributed by atoms with Gasteiger partial charge in [-0.25, -0.2) is 4.79 Å². The molecule has 7 heteroatoms. The van der Waals surface area contributed by atoms with E-state index in [4.69, 9.17) is 9.47 Å². The van der Waals surface area contributed by atoms with E-state index in [1.807, 2.05) is 13.8 Å². The summed E-state index contributed by atoms with van der Waals surface area (Å²) in [6, 6.07) is 5.00. The first kappa shape index (κ1) is 17.7. The van der Waals surface area contributed by atoms with Crippen LogP contribution in [0.15, 0.2) is 22.7 Å². The van der Waals surface area contributed by atoms with Gasteiger partial charge < -0.3 is 19.9 Å². The quantitative estimate of drug-likeness (QED) is 0.813. The zero-order valence-electron chi connectivity index (χ0n) is 13.1. The maximum atomic E-state index is 12.5. The van der Waals surface area contributed by atoms with E-state index in [0.717, 1.165) is 0 Å². The molecule has 1 amide bonds. The molecule has 0 aliphatic carbocycles. The van der Waals surface area contributed by atoms with E-state index >= 15 is 0 Å².